The van der Waals surface area contributed by atoms with Crippen LogP contribution in [-0.2, 0) is 0 Å². The number of allylic oxidation sites excluding steroid dienone is 1. The molecule has 0 amide bonds. The normalized spacial score (nSPS) is 13.2. The van der Waals surface area contributed by atoms with Gasteiger partial charge in [0, 0.05) is 23.5 Å². The molecule has 0 N–H and O–H groups in total. The Balaban J connectivity index is 2.94. The smallest absolute Gasteiger partial charge is 0.136 e. The predicted molar refractivity (Wildman–Crippen MR) is 37.2 cm³/mol. The minimum absolute atomic E-state index is 0.737. The topological polar surface area (TPSA) is 50.5 Å². The van der Waals surface area contributed by atoms with Gasteiger partial charge in [0.2, 0.25) is 0 Å². The highest BCUT2D eigenvalue weighted by molar-refractivity contribution is 7.02. The lowest BCUT2D eigenvalue weighted by molar-refractivity contribution is 1.08. The van der Waals surface area contributed by atoms with Gasteiger partial charge in [-0.15, -0.1) is 15.3 Å². The van der Waals surface area contributed by atoms with Crippen LogP contribution in [0.1, 0.15) is 0 Å². The third-order valence-electron chi connectivity index (χ3n) is 1.01. The van der Waals surface area contributed by atoms with Gasteiger partial charge in [-0.25, -0.2) is 0 Å². The maximum Gasteiger partial charge on any atom is 0.187 e. The first-order valence-corrected chi connectivity index (χ1v) is 3.39. The molecule has 0 aliphatic carbocycles. The zero-order chi connectivity index (χ0) is 6.81. The first-order valence-electron chi connectivity index (χ1n) is 2.62. The van der Waals surface area contributed by atoms with Gasteiger partial charge >= 0.3 is 0 Å². The molecule has 0 saturated heterocycles. The van der Waals surface area contributed by atoms with Gasteiger partial charge in [0.05, 0.1) is 0 Å². The maximum atomic E-state index is 3.80. The minimum Gasteiger partial charge on any atom is -0.136 e. The molecule has 0 saturated carbocycles. The van der Waals surface area contributed by atoms with Crippen LogP contribution in [0.25, 0.3) is 6.08 Å². The Hall–Kier alpha value is -1.32. The fraction of sp³-hybridized carbons (Fsp3) is 0. The molecule has 0 fully saturated rings. The van der Waals surface area contributed by atoms with Gasteiger partial charge < -0.3 is 0 Å². The lowest BCUT2D eigenvalue weighted by Crippen LogP contribution is -2.19. The van der Waals surface area contributed by atoms with E-state index in [-0.39, 0.29) is 0 Å². The second-order valence-electron chi connectivity index (χ2n) is 1.63. The molecule has 2 heterocycles. The van der Waals surface area contributed by atoms with E-state index in [9.17, 15) is 0 Å². The van der Waals surface area contributed by atoms with Crippen molar-refractivity contribution >= 4 is 23.5 Å². The molecule has 0 bridgehead atoms. The quantitative estimate of drug-likeness (QED) is 0.481. The van der Waals surface area contributed by atoms with Gasteiger partial charge in [0.15, 0.2) is 4.67 Å². The summed E-state index contributed by atoms with van der Waals surface area (Å²) in [5.74, 6) is 2.60. The molecule has 4 nitrogen and oxygen atoms in total. The van der Waals surface area contributed by atoms with E-state index < -0.39 is 0 Å². The second-order valence-corrected chi connectivity index (χ2v) is 2.36. The Morgan fingerprint density at radius 3 is 3.50 bits per heavy atom. The Bertz CT molecular complexity index is 375. The summed E-state index contributed by atoms with van der Waals surface area (Å²) < 4.78 is 4.44. The van der Waals surface area contributed by atoms with Crippen molar-refractivity contribution in [3.05, 3.63) is 16.1 Å². The summed E-state index contributed by atoms with van der Waals surface area (Å²) >= 11 is 1.23. The van der Waals surface area contributed by atoms with Crippen LogP contribution in [0.4, 0.5) is 0 Å². The minimum atomic E-state index is 0.737. The van der Waals surface area contributed by atoms with Gasteiger partial charge in [-0.05, 0) is 6.08 Å². The number of aromatic nitrogens is 2. The zero-order valence-electron chi connectivity index (χ0n) is 4.85. The molecular formula is C5H2N4S. The third-order valence-corrected chi connectivity index (χ3v) is 1.64. The van der Waals surface area contributed by atoms with Crippen LogP contribution in [0.5, 0.6) is 0 Å². The SMILES string of the molecule is C1=CC=c2nnsc2=NN=1. The Morgan fingerprint density at radius 1 is 1.50 bits per heavy atom. The highest BCUT2D eigenvalue weighted by Crippen LogP contribution is 1.74. The van der Waals surface area contributed by atoms with Crippen LogP contribution < -0.4 is 10.0 Å². The van der Waals surface area contributed by atoms with Gasteiger partial charge in [0.25, 0.3) is 0 Å². The fourth-order valence-corrected chi connectivity index (χ4v) is 1.08. The number of nitrogens with zero attached hydrogens (tertiary/aromatic N) is 4. The van der Waals surface area contributed by atoms with E-state index >= 15 is 0 Å². The number of fused-ring (bicyclic) bond motifs is 1. The molecule has 1 aromatic heterocycles. The van der Waals surface area contributed by atoms with E-state index in [0.717, 1.165) is 10.0 Å². The predicted octanol–water partition coefficient (Wildman–Crippen LogP) is -0.907. The molecule has 0 spiro atoms. The highest BCUT2D eigenvalue weighted by atomic mass is 32.1. The molecule has 2 rings (SSSR count). The van der Waals surface area contributed by atoms with Gasteiger partial charge in [-0.2, -0.15) is 0 Å². The number of hydrogen-bond acceptors (Lipinski definition) is 5. The first-order chi connectivity index (χ1) is 4.97. The van der Waals surface area contributed by atoms with Crippen molar-refractivity contribution in [2.45, 2.75) is 0 Å². The van der Waals surface area contributed by atoms with Crippen molar-refractivity contribution in [1.29, 1.82) is 0 Å². The lowest BCUT2D eigenvalue weighted by atomic mass is 10.5. The Morgan fingerprint density at radius 2 is 2.50 bits per heavy atom. The van der Waals surface area contributed by atoms with Crippen LogP contribution in [0, 0.1) is 0 Å². The van der Waals surface area contributed by atoms with Gasteiger partial charge in [-0.1, -0.05) is 4.49 Å². The zero-order valence-corrected chi connectivity index (χ0v) is 5.67. The van der Waals surface area contributed by atoms with Crippen molar-refractivity contribution in [2.75, 3.05) is 0 Å². The van der Waals surface area contributed by atoms with Crippen molar-refractivity contribution in [1.82, 2.24) is 9.59 Å². The summed E-state index contributed by atoms with van der Waals surface area (Å²) in [4.78, 5) is 0. The van der Waals surface area contributed by atoms with E-state index in [4.69, 9.17) is 0 Å². The molecule has 1 aliphatic rings. The molecule has 10 heavy (non-hydrogen) atoms. The van der Waals surface area contributed by atoms with E-state index in [1.807, 2.05) is 0 Å². The molecule has 5 heteroatoms. The van der Waals surface area contributed by atoms with Crippen molar-refractivity contribution in [3.8, 4) is 0 Å². The average Bonchev–Trinajstić information content (AvgIpc) is 2.28. The summed E-state index contributed by atoms with van der Waals surface area (Å²) in [5.41, 5.74) is 0. The largest absolute Gasteiger partial charge is 0.187 e. The third kappa shape index (κ3) is 0.775. The Kier molecular flexibility index (Phi) is 1.16. The van der Waals surface area contributed by atoms with E-state index in [2.05, 4.69) is 25.7 Å². The van der Waals surface area contributed by atoms with Crippen LogP contribution in [0.3, 0.4) is 0 Å². The standard InChI is InChI=1S/C5H2N4S/c1-2-4-5(8-6-3-1)10-9-7-4/h1-2H. The van der Waals surface area contributed by atoms with Crippen molar-refractivity contribution in [2.24, 2.45) is 10.2 Å². The first kappa shape index (κ1) is 5.46. The second kappa shape index (κ2) is 2.13. The van der Waals surface area contributed by atoms with Gasteiger partial charge in [0.1, 0.15) is 5.35 Å². The fourth-order valence-electron chi connectivity index (χ4n) is 0.591. The van der Waals surface area contributed by atoms with E-state index in [0.29, 0.717) is 0 Å². The van der Waals surface area contributed by atoms with E-state index in [1.165, 1.54) is 11.5 Å². The number of hydrogen-bond donors (Lipinski definition) is 0. The summed E-state index contributed by atoms with van der Waals surface area (Å²) in [7, 11) is 0. The van der Waals surface area contributed by atoms with Crippen LogP contribution in [-0.4, -0.2) is 15.5 Å². The molecule has 0 atom stereocenters. The summed E-state index contributed by atoms with van der Waals surface area (Å²) in [5, 5.41) is 12.0. The summed E-state index contributed by atoms with van der Waals surface area (Å²) in [6.45, 7) is 0. The summed E-state index contributed by atoms with van der Waals surface area (Å²) in [6, 6.07) is 0. The monoisotopic (exact) mass is 150 g/mol. The Labute approximate surface area is 60.1 Å². The molecule has 0 radical (unpaired) electrons. The van der Waals surface area contributed by atoms with Crippen LogP contribution in [0.2, 0.25) is 0 Å². The molecular weight excluding hydrogens is 148 g/mol. The molecule has 1 aliphatic heterocycles. The van der Waals surface area contributed by atoms with Crippen LogP contribution >= 0.6 is 11.5 Å². The average molecular weight is 150 g/mol. The number of rotatable bonds is 0. The lowest BCUT2D eigenvalue weighted by Gasteiger charge is -1.63. The molecule has 0 aromatic carbocycles. The molecule has 0 unspecified atom stereocenters. The van der Waals surface area contributed by atoms with Crippen molar-refractivity contribution < 1.29 is 0 Å². The molecule has 48 valence electrons. The maximum absolute atomic E-state index is 3.80. The van der Waals surface area contributed by atoms with Crippen LogP contribution in [0.15, 0.2) is 16.3 Å². The summed E-state index contributed by atoms with van der Waals surface area (Å²) in [6.07, 6.45) is 3.44. The molecule has 1 aromatic rings. The van der Waals surface area contributed by atoms with Gasteiger partial charge in [-0.3, -0.25) is 0 Å². The van der Waals surface area contributed by atoms with E-state index in [1.54, 1.807) is 12.2 Å². The van der Waals surface area contributed by atoms with Crippen molar-refractivity contribution in [3.63, 3.8) is 0 Å². The highest BCUT2D eigenvalue weighted by Gasteiger charge is 1.90.